The van der Waals surface area contributed by atoms with E-state index in [2.05, 4.69) is 0 Å². The second-order valence-corrected chi connectivity index (χ2v) is 5.39. The predicted molar refractivity (Wildman–Crippen MR) is 71.3 cm³/mol. The quantitative estimate of drug-likeness (QED) is 0.902. The van der Waals surface area contributed by atoms with E-state index in [-0.39, 0.29) is 18.0 Å². The van der Waals surface area contributed by atoms with Crippen LogP contribution in [0.2, 0.25) is 0 Å². The van der Waals surface area contributed by atoms with Gasteiger partial charge in [-0.2, -0.15) is 0 Å². The van der Waals surface area contributed by atoms with Crippen molar-refractivity contribution < 1.29 is 18.7 Å². The van der Waals surface area contributed by atoms with E-state index in [0.29, 0.717) is 18.9 Å². The average Bonchev–Trinajstić information content (AvgIpc) is 2.84. The SMILES string of the molecule is CC(c1c(F)cccc1F)N1CCC(CCC(=O)O)C1. The first-order valence-electron chi connectivity index (χ1n) is 6.88. The van der Waals surface area contributed by atoms with E-state index >= 15 is 0 Å². The van der Waals surface area contributed by atoms with Crippen LogP contribution in [-0.4, -0.2) is 29.1 Å². The van der Waals surface area contributed by atoms with Gasteiger partial charge in [0.1, 0.15) is 11.6 Å². The summed E-state index contributed by atoms with van der Waals surface area (Å²) in [6, 6.07) is 3.58. The van der Waals surface area contributed by atoms with E-state index in [0.717, 1.165) is 13.0 Å². The molecule has 1 N–H and O–H groups in total. The van der Waals surface area contributed by atoms with Crippen molar-refractivity contribution in [2.45, 2.75) is 32.2 Å². The molecule has 1 aromatic carbocycles. The molecule has 1 aliphatic heterocycles. The van der Waals surface area contributed by atoms with Crippen molar-refractivity contribution in [2.24, 2.45) is 5.92 Å². The topological polar surface area (TPSA) is 40.5 Å². The third kappa shape index (κ3) is 3.33. The summed E-state index contributed by atoms with van der Waals surface area (Å²) in [5.74, 6) is -1.54. The van der Waals surface area contributed by atoms with Crippen molar-refractivity contribution in [3.63, 3.8) is 0 Å². The summed E-state index contributed by atoms with van der Waals surface area (Å²) in [7, 11) is 0. The van der Waals surface area contributed by atoms with Gasteiger partial charge in [-0.05, 0) is 44.4 Å². The van der Waals surface area contributed by atoms with Gasteiger partial charge < -0.3 is 5.11 Å². The molecule has 2 unspecified atom stereocenters. The van der Waals surface area contributed by atoms with Gasteiger partial charge in [-0.1, -0.05) is 6.07 Å². The molecule has 110 valence electrons. The van der Waals surface area contributed by atoms with Crippen LogP contribution in [0.4, 0.5) is 8.78 Å². The van der Waals surface area contributed by atoms with Gasteiger partial charge in [-0.3, -0.25) is 9.69 Å². The minimum Gasteiger partial charge on any atom is -0.481 e. The van der Waals surface area contributed by atoms with E-state index in [1.807, 2.05) is 4.90 Å². The maximum absolute atomic E-state index is 13.8. The van der Waals surface area contributed by atoms with E-state index in [1.54, 1.807) is 6.92 Å². The Morgan fingerprint density at radius 3 is 2.70 bits per heavy atom. The largest absolute Gasteiger partial charge is 0.481 e. The second-order valence-electron chi connectivity index (χ2n) is 5.39. The van der Waals surface area contributed by atoms with Gasteiger partial charge in [0.25, 0.3) is 0 Å². The molecule has 0 amide bonds. The van der Waals surface area contributed by atoms with Gasteiger partial charge in [0, 0.05) is 24.6 Å². The number of halogens is 2. The lowest BCUT2D eigenvalue weighted by molar-refractivity contribution is -0.137. The lowest BCUT2D eigenvalue weighted by Crippen LogP contribution is -2.26. The maximum atomic E-state index is 13.8. The van der Waals surface area contributed by atoms with Crippen molar-refractivity contribution in [2.75, 3.05) is 13.1 Å². The van der Waals surface area contributed by atoms with Crippen LogP contribution in [0.5, 0.6) is 0 Å². The minimum atomic E-state index is -0.795. The molecule has 1 aromatic rings. The molecular formula is C15H19F2NO2. The third-order valence-corrected chi connectivity index (χ3v) is 4.05. The molecular weight excluding hydrogens is 264 g/mol. The summed E-state index contributed by atoms with van der Waals surface area (Å²) < 4.78 is 27.5. The minimum absolute atomic E-state index is 0.103. The third-order valence-electron chi connectivity index (χ3n) is 4.05. The standard InChI is InChI=1S/C15H19F2NO2/c1-10(15-12(16)3-2-4-13(15)17)18-8-7-11(9-18)5-6-14(19)20/h2-4,10-11H,5-9H2,1H3,(H,19,20). The van der Waals surface area contributed by atoms with Crippen LogP contribution < -0.4 is 0 Å². The van der Waals surface area contributed by atoms with Crippen molar-refractivity contribution in [3.8, 4) is 0 Å². The zero-order valence-corrected chi connectivity index (χ0v) is 11.5. The molecule has 2 rings (SSSR count). The molecule has 0 aliphatic carbocycles. The van der Waals surface area contributed by atoms with Crippen molar-refractivity contribution in [1.29, 1.82) is 0 Å². The molecule has 0 bridgehead atoms. The fraction of sp³-hybridized carbons (Fsp3) is 0.533. The van der Waals surface area contributed by atoms with E-state index < -0.39 is 17.6 Å². The first-order valence-corrected chi connectivity index (χ1v) is 6.88. The molecule has 0 radical (unpaired) electrons. The zero-order valence-electron chi connectivity index (χ0n) is 11.5. The highest BCUT2D eigenvalue weighted by Crippen LogP contribution is 2.31. The first-order chi connectivity index (χ1) is 9.49. The van der Waals surface area contributed by atoms with Crippen LogP contribution in [-0.2, 0) is 4.79 Å². The number of rotatable bonds is 5. The normalized spacial score (nSPS) is 21.1. The number of aliphatic carboxylic acids is 1. The van der Waals surface area contributed by atoms with Gasteiger partial charge in [-0.25, -0.2) is 8.78 Å². The van der Waals surface area contributed by atoms with Crippen molar-refractivity contribution in [1.82, 2.24) is 4.90 Å². The molecule has 1 saturated heterocycles. The lowest BCUT2D eigenvalue weighted by Gasteiger charge is -2.25. The molecule has 0 saturated carbocycles. The van der Waals surface area contributed by atoms with Crippen LogP contribution in [0, 0.1) is 17.6 Å². The van der Waals surface area contributed by atoms with E-state index in [9.17, 15) is 13.6 Å². The molecule has 1 fully saturated rings. The fourth-order valence-electron chi connectivity index (χ4n) is 2.87. The van der Waals surface area contributed by atoms with E-state index in [4.69, 9.17) is 5.11 Å². The molecule has 0 spiro atoms. The van der Waals surface area contributed by atoms with Crippen LogP contribution in [0.1, 0.15) is 37.8 Å². The summed E-state index contributed by atoms with van der Waals surface area (Å²) in [5.41, 5.74) is 0.103. The Kier molecular flexibility index (Phi) is 4.70. The summed E-state index contributed by atoms with van der Waals surface area (Å²) >= 11 is 0. The van der Waals surface area contributed by atoms with Crippen LogP contribution in [0.3, 0.4) is 0 Å². The predicted octanol–water partition coefficient (Wildman–Crippen LogP) is 3.21. The summed E-state index contributed by atoms with van der Waals surface area (Å²) in [6.07, 6.45) is 1.66. The number of likely N-dealkylation sites (tertiary alicyclic amines) is 1. The van der Waals surface area contributed by atoms with Gasteiger partial charge >= 0.3 is 5.97 Å². The number of hydrogen-bond acceptors (Lipinski definition) is 2. The van der Waals surface area contributed by atoms with Gasteiger partial charge in [0.15, 0.2) is 0 Å². The highest BCUT2D eigenvalue weighted by atomic mass is 19.1. The second kappa shape index (κ2) is 6.31. The summed E-state index contributed by atoms with van der Waals surface area (Å²) in [6.45, 7) is 3.24. The number of carboxylic acids is 1. The Bertz CT molecular complexity index is 473. The number of nitrogens with zero attached hydrogens (tertiary/aromatic N) is 1. The first kappa shape index (κ1) is 14.9. The van der Waals surface area contributed by atoms with Gasteiger partial charge in [0.2, 0.25) is 0 Å². The molecule has 20 heavy (non-hydrogen) atoms. The van der Waals surface area contributed by atoms with Crippen LogP contribution in [0.25, 0.3) is 0 Å². The zero-order chi connectivity index (χ0) is 14.7. The lowest BCUT2D eigenvalue weighted by atomic mass is 10.0. The van der Waals surface area contributed by atoms with Crippen LogP contribution >= 0.6 is 0 Å². The van der Waals surface area contributed by atoms with Crippen molar-refractivity contribution >= 4 is 5.97 Å². The summed E-state index contributed by atoms with van der Waals surface area (Å²) in [5, 5.41) is 8.69. The maximum Gasteiger partial charge on any atom is 0.303 e. The Balaban J connectivity index is 2.01. The molecule has 1 aliphatic rings. The number of hydrogen-bond donors (Lipinski definition) is 1. The van der Waals surface area contributed by atoms with E-state index in [1.165, 1.54) is 18.2 Å². The molecule has 1 heterocycles. The highest BCUT2D eigenvalue weighted by Gasteiger charge is 2.29. The molecule has 3 nitrogen and oxygen atoms in total. The van der Waals surface area contributed by atoms with Crippen LogP contribution in [0.15, 0.2) is 18.2 Å². The Hall–Kier alpha value is -1.49. The Morgan fingerprint density at radius 2 is 2.10 bits per heavy atom. The molecule has 0 aromatic heterocycles. The highest BCUT2D eigenvalue weighted by molar-refractivity contribution is 5.66. The number of carboxylic acid groups (broad SMARTS) is 1. The fourth-order valence-corrected chi connectivity index (χ4v) is 2.87. The average molecular weight is 283 g/mol. The summed E-state index contributed by atoms with van der Waals surface area (Å²) in [4.78, 5) is 12.6. The van der Waals surface area contributed by atoms with Gasteiger partial charge in [0.05, 0.1) is 0 Å². The smallest absolute Gasteiger partial charge is 0.303 e. The molecule has 2 atom stereocenters. The Morgan fingerprint density at radius 1 is 1.45 bits per heavy atom. The van der Waals surface area contributed by atoms with Gasteiger partial charge in [-0.15, -0.1) is 0 Å². The Labute approximate surface area is 117 Å². The molecule has 5 heteroatoms. The van der Waals surface area contributed by atoms with Crippen molar-refractivity contribution in [3.05, 3.63) is 35.4 Å². The number of carbonyl (C=O) groups is 1. The number of benzene rings is 1. The monoisotopic (exact) mass is 283 g/mol.